The highest BCUT2D eigenvalue weighted by atomic mass is 35.5. The summed E-state index contributed by atoms with van der Waals surface area (Å²) in [7, 11) is 0. The molecule has 1 atom stereocenters. The molecule has 3 aromatic rings. The third kappa shape index (κ3) is 5.39. The van der Waals surface area contributed by atoms with Crippen LogP contribution in [0.1, 0.15) is 6.92 Å². The molecule has 0 heterocycles. The van der Waals surface area contributed by atoms with Crippen LogP contribution in [0.2, 0.25) is 10.0 Å². The summed E-state index contributed by atoms with van der Waals surface area (Å²) in [5.74, 6) is 1.36. The van der Waals surface area contributed by atoms with E-state index in [1.165, 1.54) is 0 Å². The topological polar surface area (TPSA) is 47.6 Å². The normalized spacial score (nSPS) is 11.5. The molecule has 0 saturated carbocycles. The molecule has 0 fully saturated rings. The highest BCUT2D eigenvalue weighted by Gasteiger charge is 2.17. The van der Waals surface area contributed by atoms with Crippen molar-refractivity contribution in [3.8, 4) is 17.2 Å². The fourth-order valence-corrected chi connectivity index (χ4v) is 2.61. The summed E-state index contributed by atoms with van der Waals surface area (Å²) in [5, 5.41) is 3.89. The maximum atomic E-state index is 12.5. The zero-order valence-electron chi connectivity index (χ0n) is 14.5. The Kier molecular flexibility index (Phi) is 6.22. The molecule has 3 rings (SSSR count). The third-order valence-corrected chi connectivity index (χ3v) is 4.15. The Hall–Kier alpha value is -2.69. The van der Waals surface area contributed by atoms with Crippen molar-refractivity contribution in [1.29, 1.82) is 0 Å². The monoisotopic (exact) mass is 401 g/mol. The van der Waals surface area contributed by atoms with E-state index in [-0.39, 0.29) is 5.91 Å². The number of benzene rings is 3. The van der Waals surface area contributed by atoms with E-state index in [1.807, 2.05) is 30.3 Å². The lowest BCUT2D eigenvalue weighted by molar-refractivity contribution is -0.122. The highest BCUT2D eigenvalue weighted by molar-refractivity contribution is 6.31. The zero-order chi connectivity index (χ0) is 19.2. The van der Waals surface area contributed by atoms with Crippen molar-refractivity contribution in [3.05, 3.63) is 82.8 Å². The second-order valence-corrected chi connectivity index (χ2v) is 6.63. The molecule has 1 N–H and O–H groups in total. The van der Waals surface area contributed by atoms with Gasteiger partial charge in [0.15, 0.2) is 11.9 Å². The van der Waals surface area contributed by atoms with Gasteiger partial charge in [-0.25, -0.2) is 0 Å². The zero-order valence-corrected chi connectivity index (χ0v) is 16.0. The largest absolute Gasteiger partial charge is 0.481 e. The van der Waals surface area contributed by atoms with Crippen LogP contribution in [0.3, 0.4) is 0 Å². The van der Waals surface area contributed by atoms with E-state index >= 15 is 0 Å². The number of carbonyl (C=O) groups is 1. The predicted octanol–water partition coefficient (Wildman–Crippen LogP) is 6.19. The van der Waals surface area contributed by atoms with E-state index in [4.69, 9.17) is 32.7 Å². The van der Waals surface area contributed by atoms with Crippen LogP contribution in [-0.2, 0) is 4.79 Å². The molecule has 27 heavy (non-hydrogen) atoms. The van der Waals surface area contributed by atoms with Gasteiger partial charge >= 0.3 is 0 Å². The molecule has 1 amide bonds. The number of carbonyl (C=O) groups excluding carboxylic acids is 1. The van der Waals surface area contributed by atoms with Gasteiger partial charge in [-0.1, -0.05) is 41.4 Å². The molecular formula is C21H17Cl2NO3. The maximum absolute atomic E-state index is 12.5. The van der Waals surface area contributed by atoms with E-state index < -0.39 is 6.10 Å². The average molecular weight is 402 g/mol. The standard InChI is InChI=1S/C21H17Cl2NO3/c1-14(26-18-10-7-15(22)8-11-18)21(25)24-19-13-16(23)9-12-20(19)27-17-5-3-2-4-6-17/h2-14H,1H3,(H,24,25)/t14-/m1/s1. The lowest BCUT2D eigenvalue weighted by Crippen LogP contribution is -2.30. The Labute approximate surface area is 167 Å². The minimum atomic E-state index is -0.727. The van der Waals surface area contributed by atoms with Crippen LogP contribution in [0.4, 0.5) is 5.69 Å². The minimum absolute atomic E-state index is 0.329. The highest BCUT2D eigenvalue weighted by Crippen LogP contribution is 2.32. The first kappa shape index (κ1) is 19.1. The van der Waals surface area contributed by atoms with E-state index in [0.29, 0.717) is 33.0 Å². The van der Waals surface area contributed by atoms with Crippen LogP contribution < -0.4 is 14.8 Å². The number of rotatable bonds is 6. The number of nitrogens with one attached hydrogen (secondary N) is 1. The van der Waals surface area contributed by atoms with Crippen molar-refractivity contribution in [1.82, 2.24) is 0 Å². The number of amides is 1. The van der Waals surface area contributed by atoms with Crippen LogP contribution in [0.5, 0.6) is 17.2 Å². The van der Waals surface area contributed by atoms with Crippen LogP contribution in [0, 0.1) is 0 Å². The summed E-state index contributed by atoms with van der Waals surface area (Å²) in [4.78, 5) is 12.5. The Morgan fingerprint density at radius 2 is 1.56 bits per heavy atom. The van der Waals surface area contributed by atoms with Gasteiger partial charge in [-0.3, -0.25) is 4.79 Å². The Balaban J connectivity index is 1.72. The van der Waals surface area contributed by atoms with Gasteiger partial charge in [-0.05, 0) is 61.5 Å². The van der Waals surface area contributed by atoms with Crippen molar-refractivity contribution in [2.45, 2.75) is 13.0 Å². The molecule has 0 aliphatic rings. The van der Waals surface area contributed by atoms with Gasteiger partial charge in [-0.15, -0.1) is 0 Å². The maximum Gasteiger partial charge on any atom is 0.265 e. The van der Waals surface area contributed by atoms with Gasteiger partial charge in [-0.2, -0.15) is 0 Å². The summed E-state index contributed by atoms with van der Waals surface area (Å²) in [5.41, 5.74) is 0.461. The summed E-state index contributed by atoms with van der Waals surface area (Å²) >= 11 is 11.9. The number of hydrogen-bond acceptors (Lipinski definition) is 3. The molecular weight excluding hydrogens is 385 g/mol. The summed E-state index contributed by atoms with van der Waals surface area (Å²) in [6, 6.07) is 21.1. The molecule has 0 bridgehead atoms. The van der Waals surface area contributed by atoms with Crippen LogP contribution >= 0.6 is 23.2 Å². The van der Waals surface area contributed by atoms with Crippen LogP contribution in [-0.4, -0.2) is 12.0 Å². The number of para-hydroxylation sites is 1. The van der Waals surface area contributed by atoms with E-state index in [9.17, 15) is 4.79 Å². The third-order valence-electron chi connectivity index (χ3n) is 3.67. The summed E-state index contributed by atoms with van der Waals surface area (Å²) in [6.45, 7) is 1.66. The molecule has 0 spiro atoms. The number of halogens is 2. The molecule has 0 aromatic heterocycles. The fraction of sp³-hybridized carbons (Fsp3) is 0.0952. The Morgan fingerprint density at radius 1 is 0.889 bits per heavy atom. The van der Waals surface area contributed by atoms with Gasteiger partial charge in [0.25, 0.3) is 5.91 Å². The molecule has 138 valence electrons. The van der Waals surface area contributed by atoms with E-state index in [1.54, 1.807) is 49.4 Å². The lowest BCUT2D eigenvalue weighted by Gasteiger charge is -2.17. The predicted molar refractivity (Wildman–Crippen MR) is 108 cm³/mol. The van der Waals surface area contributed by atoms with Gasteiger partial charge < -0.3 is 14.8 Å². The summed E-state index contributed by atoms with van der Waals surface area (Å²) < 4.78 is 11.5. The van der Waals surface area contributed by atoms with Gasteiger partial charge in [0.1, 0.15) is 11.5 Å². The smallest absolute Gasteiger partial charge is 0.265 e. The molecule has 3 aromatic carbocycles. The quantitative estimate of drug-likeness (QED) is 0.535. The van der Waals surface area contributed by atoms with Crippen LogP contribution in [0.15, 0.2) is 72.8 Å². The van der Waals surface area contributed by atoms with Crippen LogP contribution in [0.25, 0.3) is 0 Å². The molecule has 0 aliphatic carbocycles. The fourth-order valence-electron chi connectivity index (χ4n) is 2.31. The molecule has 0 radical (unpaired) electrons. The van der Waals surface area contributed by atoms with Crippen molar-refractivity contribution in [2.24, 2.45) is 0 Å². The SMILES string of the molecule is C[C@@H](Oc1ccc(Cl)cc1)C(=O)Nc1cc(Cl)ccc1Oc1ccccc1. The minimum Gasteiger partial charge on any atom is -0.481 e. The van der Waals surface area contributed by atoms with E-state index in [0.717, 1.165) is 0 Å². The van der Waals surface area contributed by atoms with E-state index in [2.05, 4.69) is 5.32 Å². The number of ether oxygens (including phenoxy) is 2. The van der Waals surface area contributed by atoms with Crippen molar-refractivity contribution in [3.63, 3.8) is 0 Å². The first-order valence-electron chi connectivity index (χ1n) is 8.27. The van der Waals surface area contributed by atoms with Crippen molar-refractivity contribution >= 4 is 34.8 Å². The molecule has 0 unspecified atom stereocenters. The first-order chi connectivity index (χ1) is 13.0. The number of anilines is 1. The lowest BCUT2D eigenvalue weighted by atomic mass is 10.2. The van der Waals surface area contributed by atoms with Crippen molar-refractivity contribution in [2.75, 3.05) is 5.32 Å². The molecule has 0 saturated heterocycles. The van der Waals surface area contributed by atoms with Gasteiger partial charge in [0.2, 0.25) is 0 Å². The average Bonchev–Trinajstić information content (AvgIpc) is 2.66. The second kappa shape index (κ2) is 8.80. The van der Waals surface area contributed by atoms with Crippen molar-refractivity contribution < 1.29 is 14.3 Å². The molecule has 4 nitrogen and oxygen atoms in total. The Bertz CT molecular complexity index is 914. The van der Waals surface area contributed by atoms with Gasteiger partial charge in [0.05, 0.1) is 5.69 Å². The van der Waals surface area contributed by atoms with Gasteiger partial charge in [0, 0.05) is 10.0 Å². The molecule has 6 heteroatoms. The Morgan fingerprint density at radius 3 is 2.26 bits per heavy atom. The number of hydrogen-bond donors (Lipinski definition) is 1. The first-order valence-corrected chi connectivity index (χ1v) is 9.02. The summed E-state index contributed by atoms with van der Waals surface area (Å²) in [6.07, 6.45) is -0.727. The second-order valence-electron chi connectivity index (χ2n) is 5.76. The molecule has 0 aliphatic heterocycles.